The average molecular weight is 216 g/mol. The van der Waals surface area contributed by atoms with Gasteiger partial charge in [0.1, 0.15) is 0 Å². The first-order valence-corrected chi connectivity index (χ1v) is 5.43. The standard InChI is InChI=1S/C2H3Cl4OP/c3-2(4,5)1-8(6)7/h8H,1H2. The summed E-state index contributed by atoms with van der Waals surface area (Å²) in [5, 5.41) is 0. The Kier molecular flexibility index (Phi) is 4.15. The van der Waals surface area contributed by atoms with Crippen molar-refractivity contribution in [3.8, 4) is 0 Å². The molecule has 0 aliphatic rings. The summed E-state index contributed by atoms with van der Waals surface area (Å²) in [5.74, 6) is 0. The average Bonchev–Trinajstić information content (AvgIpc) is 1.21. The molecule has 0 bridgehead atoms. The summed E-state index contributed by atoms with van der Waals surface area (Å²) >= 11 is 20.7. The Morgan fingerprint density at radius 1 is 1.38 bits per heavy atom. The van der Waals surface area contributed by atoms with Crippen LogP contribution >= 0.6 is 53.2 Å². The second-order valence-electron chi connectivity index (χ2n) is 1.15. The third kappa shape index (κ3) is 7.39. The molecular formula is C2H3Cl4OP. The summed E-state index contributed by atoms with van der Waals surface area (Å²) in [4.78, 5) is 0. The summed E-state index contributed by atoms with van der Waals surface area (Å²) in [6.45, 7) is 0. The van der Waals surface area contributed by atoms with Crippen molar-refractivity contribution < 1.29 is 4.57 Å². The van der Waals surface area contributed by atoms with Crippen LogP contribution in [0.25, 0.3) is 0 Å². The maximum absolute atomic E-state index is 10.2. The van der Waals surface area contributed by atoms with Crippen LogP contribution in [0.1, 0.15) is 0 Å². The minimum absolute atomic E-state index is 0.0656. The zero-order valence-corrected chi connectivity index (χ0v) is 7.65. The Morgan fingerprint density at radius 2 is 1.75 bits per heavy atom. The zero-order chi connectivity index (χ0) is 6.78. The highest BCUT2D eigenvalue weighted by Crippen LogP contribution is 2.39. The third-order valence-corrected chi connectivity index (χ3v) is 2.62. The highest BCUT2D eigenvalue weighted by atomic mass is 35.7. The van der Waals surface area contributed by atoms with Gasteiger partial charge in [-0.3, -0.25) is 0 Å². The fraction of sp³-hybridized carbons (Fsp3) is 1.00. The predicted octanol–water partition coefficient (Wildman–Crippen LogP) is 3.07. The quantitative estimate of drug-likeness (QED) is 0.486. The van der Waals surface area contributed by atoms with Crippen molar-refractivity contribution >= 4 is 53.2 Å². The van der Waals surface area contributed by atoms with Crippen molar-refractivity contribution in [3.05, 3.63) is 0 Å². The van der Waals surface area contributed by atoms with Crippen molar-refractivity contribution in [1.29, 1.82) is 0 Å². The Labute approximate surface area is 67.8 Å². The molecule has 6 heteroatoms. The first-order chi connectivity index (χ1) is 3.42. The van der Waals surface area contributed by atoms with Crippen LogP contribution in [-0.2, 0) is 4.57 Å². The van der Waals surface area contributed by atoms with E-state index in [-0.39, 0.29) is 6.16 Å². The number of hydrogen-bond donors (Lipinski definition) is 0. The molecule has 0 saturated heterocycles. The van der Waals surface area contributed by atoms with E-state index in [1.54, 1.807) is 0 Å². The van der Waals surface area contributed by atoms with Crippen LogP contribution in [-0.4, -0.2) is 9.95 Å². The molecule has 0 heterocycles. The summed E-state index contributed by atoms with van der Waals surface area (Å²) in [6.07, 6.45) is -0.0656. The maximum Gasteiger partial charge on any atom is 0.198 e. The van der Waals surface area contributed by atoms with Crippen molar-refractivity contribution in [1.82, 2.24) is 0 Å². The largest absolute Gasteiger partial charge is 0.310 e. The van der Waals surface area contributed by atoms with Crippen LogP contribution in [0.3, 0.4) is 0 Å². The van der Waals surface area contributed by atoms with E-state index in [9.17, 15) is 4.57 Å². The summed E-state index contributed by atoms with van der Waals surface area (Å²) in [7, 11) is -2.17. The number of hydrogen-bond acceptors (Lipinski definition) is 1. The molecule has 0 aromatic heterocycles. The molecule has 0 N–H and O–H groups in total. The van der Waals surface area contributed by atoms with Gasteiger partial charge in [0.2, 0.25) is 0 Å². The van der Waals surface area contributed by atoms with E-state index in [1.807, 2.05) is 0 Å². The topological polar surface area (TPSA) is 17.1 Å². The van der Waals surface area contributed by atoms with Crippen molar-refractivity contribution in [2.24, 2.45) is 0 Å². The number of halogens is 4. The second kappa shape index (κ2) is 3.53. The van der Waals surface area contributed by atoms with Crippen LogP contribution in [0.15, 0.2) is 0 Å². The van der Waals surface area contributed by atoms with E-state index in [1.165, 1.54) is 0 Å². The molecule has 8 heavy (non-hydrogen) atoms. The second-order valence-corrected chi connectivity index (χ2v) is 5.99. The molecule has 0 spiro atoms. The van der Waals surface area contributed by atoms with Crippen LogP contribution in [0.2, 0.25) is 0 Å². The lowest BCUT2D eigenvalue weighted by Gasteiger charge is -2.04. The van der Waals surface area contributed by atoms with Crippen LogP contribution < -0.4 is 0 Å². The molecule has 1 atom stereocenters. The highest BCUT2D eigenvalue weighted by molar-refractivity contribution is 7.74. The summed E-state index contributed by atoms with van der Waals surface area (Å²) in [5.41, 5.74) is 0. The molecule has 0 fully saturated rings. The molecule has 0 radical (unpaired) electrons. The van der Waals surface area contributed by atoms with Crippen LogP contribution in [0.5, 0.6) is 0 Å². The minimum Gasteiger partial charge on any atom is -0.310 e. The fourth-order valence-corrected chi connectivity index (χ4v) is 2.78. The lowest BCUT2D eigenvalue weighted by Crippen LogP contribution is -2.03. The molecule has 0 rings (SSSR count). The first-order valence-electron chi connectivity index (χ1n) is 1.67. The van der Waals surface area contributed by atoms with E-state index in [2.05, 4.69) is 0 Å². The molecule has 0 amide bonds. The lowest BCUT2D eigenvalue weighted by molar-refractivity contribution is 0.595. The SMILES string of the molecule is O=[PH](Cl)CC(Cl)(Cl)Cl. The molecule has 50 valence electrons. The summed E-state index contributed by atoms with van der Waals surface area (Å²) < 4.78 is 8.70. The fourth-order valence-electron chi connectivity index (χ4n) is 0.158. The van der Waals surface area contributed by atoms with Gasteiger partial charge in [-0.15, -0.1) is 0 Å². The van der Waals surface area contributed by atoms with Gasteiger partial charge in [0.15, 0.2) is 10.9 Å². The van der Waals surface area contributed by atoms with Crippen molar-refractivity contribution in [2.45, 2.75) is 3.79 Å². The zero-order valence-electron chi connectivity index (χ0n) is 3.63. The van der Waals surface area contributed by atoms with Crippen molar-refractivity contribution in [2.75, 3.05) is 6.16 Å². The Morgan fingerprint density at radius 3 is 1.75 bits per heavy atom. The summed E-state index contributed by atoms with van der Waals surface area (Å²) in [6, 6.07) is 0. The Hall–Kier alpha value is 1.39. The van der Waals surface area contributed by atoms with E-state index in [0.717, 1.165) is 0 Å². The minimum atomic E-state index is -2.17. The van der Waals surface area contributed by atoms with Crippen LogP contribution in [0.4, 0.5) is 0 Å². The van der Waals surface area contributed by atoms with Gasteiger partial charge in [0.25, 0.3) is 0 Å². The monoisotopic (exact) mass is 214 g/mol. The van der Waals surface area contributed by atoms with E-state index >= 15 is 0 Å². The smallest absolute Gasteiger partial charge is 0.198 e. The molecule has 0 aromatic rings. The molecule has 0 aliphatic carbocycles. The molecule has 0 saturated carbocycles. The Bertz CT molecular complexity index is 96.7. The van der Waals surface area contributed by atoms with E-state index in [0.29, 0.717) is 0 Å². The normalized spacial score (nSPS) is 16.0. The molecule has 1 unspecified atom stereocenters. The van der Waals surface area contributed by atoms with Gasteiger partial charge in [-0.2, -0.15) is 0 Å². The third-order valence-electron chi connectivity index (χ3n) is 0.339. The van der Waals surface area contributed by atoms with Gasteiger partial charge in [-0.05, 0) is 0 Å². The predicted molar refractivity (Wildman–Crippen MR) is 40.0 cm³/mol. The van der Waals surface area contributed by atoms with Gasteiger partial charge in [-0.1, -0.05) is 46.0 Å². The van der Waals surface area contributed by atoms with Gasteiger partial charge in [0, 0.05) is 0 Å². The Balaban J connectivity index is 3.55. The number of alkyl halides is 3. The highest BCUT2D eigenvalue weighted by Gasteiger charge is 2.21. The first kappa shape index (κ1) is 9.39. The molecular weight excluding hydrogens is 213 g/mol. The van der Waals surface area contributed by atoms with Crippen molar-refractivity contribution in [3.63, 3.8) is 0 Å². The van der Waals surface area contributed by atoms with E-state index in [4.69, 9.17) is 46.0 Å². The lowest BCUT2D eigenvalue weighted by atomic mass is 10.9. The van der Waals surface area contributed by atoms with Gasteiger partial charge in [0.05, 0.1) is 6.16 Å². The maximum atomic E-state index is 10.2. The number of rotatable bonds is 1. The molecule has 0 aromatic carbocycles. The molecule has 1 nitrogen and oxygen atoms in total. The molecule has 0 aliphatic heterocycles. The van der Waals surface area contributed by atoms with E-state index < -0.39 is 10.9 Å². The van der Waals surface area contributed by atoms with Gasteiger partial charge < -0.3 is 4.57 Å². The van der Waals surface area contributed by atoms with Gasteiger partial charge in [-0.25, -0.2) is 0 Å². The van der Waals surface area contributed by atoms with Crippen LogP contribution in [0, 0.1) is 0 Å². The van der Waals surface area contributed by atoms with Gasteiger partial charge >= 0.3 is 0 Å².